The Kier molecular flexibility index (Phi) is 4.76. The number of carbonyl (C=O) groups excluding carboxylic acids is 1. The van der Waals surface area contributed by atoms with Crippen molar-refractivity contribution in [1.29, 1.82) is 0 Å². The zero-order valence-corrected chi connectivity index (χ0v) is 11.3. The summed E-state index contributed by atoms with van der Waals surface area (Å²) < 4.78 is 10.5. The van der Waals surface area contributed by atoms with Crippen molar-refractivity contribution in [2.75, 3.05) is 27.2 Å². The molecule has 2 rings (SSSR count). The van der Waals surface area contributed by atoms with Crippen molar-refractivity contribution >= 4 is 6.09 Å². The Labute approximate surface area is 113 Å². The van der Waals surface area contributed by atoms with Crippen LogP contribution in [0.5, 0.6) is 0 Å². The second-order valence-electron chi connectivity index (χ2n) is 4.81. The van der Waals surface area contributed by atoms with E-state index in [0.717, 1.165) is 18.7 Å². The molecule has 0 aliphatic carbocycles. The molecular weight excluding hydrogens is 244 g/mol. The molecule has 19 heavy (non-hydrogen) atoms. The van der Waals surface area contributed by atoms with Crippen LogP contribution in [0, 0.1) is 0 Å². The highest BCUT2D eigenvalue weighted by molar-refractivity contribution is 5.67. The van der Waals surface area contributed by atoms with Crippen molar-refractivity contribution in [1.82, 2.24) is 10.2 Å². The van der Waals surface area contributed by atoms with Gasteiger partial charge in [0.25, 0.3) is 0 Å². The lowest BCUT2D eigenvalue weighted by molar-refractivity contribution is 0.0832. The van der Waals surface area contributed by atoms with E-state index in [4.69, 9.17) is 9.47 Å². The van der Waals surface area contributed by atoms with Gasteiger partial charge in [0.1, 0.15) is 6.61 Å². The minimum atomic E-state index is -0.397. The molecule has 1 amide bonds. The van der Waals surface area contributed by atoms with E-state index in [9.17, 15) is 4.79 Å². The predicted molar refractivity (Wildman–Crippen MR) is 71.8 cm³/mol. The van der Waals surface area contributed by atoms with Crippen LogP contribution < -0.4 is 5.32 Å². The molecule has 1 aliphatic rings. The molecule has 1 aromatic rings. The normalized spacial score (nSPS) is 23.3. The van der Waals surface area contributed by atoms with Gasteiger partial charge in [-0.25, -0.2) is 4.79 Å². The van der Waals surface area contributed by atoms with Crippen LogP contribution in [0.15, 0.2) is 30.3 Å². The second kappa shape index (κ2) is 6.54. The highest BCUT2D eigenvalue weighted by Crippen LogP contribution is 2.11. The first-order valence-corrected chi connectivity index (χ1v) is 6.37. The van der Waals surface area contributed by atoms with Crippen LogP contribution in [0.25, 0.3) is 0 Å². The van der Waals surface area contributed by atoms with Gasteiger partial charge in [-0.15, -0.1) is 0 Å². The van der Waals surface area contributed by atoms with Gasteiger partial charge in [-0.05, 0) is 12.6 Å². The van der Waals surface area contributed by atoms with Gasteiger partial charge in [0.05, 0.1) is 12.1 Å². The summed E-state index contributed by atoms with van der Waals surface area (Å²) in [7, 11) is 3.66. The van der Waals surface area contributed by atoms with Crippen molar-refractivity contribution in [2.24, 2.45) is 0 Å². The molecule has 1 aromatic carbocycles. The van der Waals surface area contributed by atoms with E-state index in [1.807, 2.05) is 37.4 Å². The molecule has 0 saturated carbocycles. The topological polar surface area (TPSA) is 50.8 Å². The quantitative estimate of drug-likeness (QED) is 0.889. The van der Waals surface area contributed by atoms with Gasteiger partial charge < -0.3 is 19.7 Å². The van der Waals surface area contributed by atoms with Crippen molar-refractivity contribution in [2.45, 2.75) is 18.8 Å². The first kappa shape index (κ1) is 13.8. The Morgan fingerprint density at radius 3 is 2.79 bits per heavy atom. The lowest BCUT2D eigenvalue weighted by Crippen LogP contribution is -2.43. The fraction of sp³-hybridized carbons (Fsp3) is 0.500. The van der Waals surface area contributed by atoms with Gasteiger partial charge in [-0.3, -0.25) is 0 Å². The molecule has 1 fully saturated rings. The highest BCUT2D eigenvalue weighted by atomic mass is 16.5. The third-order valence-corrected chi connectivity index (χ3v) is 3.27. The fourth-order valence-electron chi connectivity index (χ4n) is 2.26. The maximum Gasteiger partial charge on any atom is 0.407 e. The molecule has 1 aliphatic heterocycles. The molecule has 0 unspecified atom stereocenters. The fourth-order valence-corrected chi connectivity index (χ4v) is 2.26. The van der Waals surface area contributed by atoms with E-state index in [2.05, 4.69) is 10.2 Å². The second-order valence-corrected chi connectivity index (χ2v) is 4.81. The van der Waals surface area contributed by atoms with Gasteiger partial charge >= 0.3 is 6.09 Å². The van der Waals surface area contributed by atoms with Crippen LogP contribution in [0.2, 0.25) is 0 Å². The number of benzene rings is 1. The number of carbonyl (C=O) groups is 1. The molecule has 2 atom stereocenters. The third kappa shape index (κ3) is 3.94. The lowest BCUT2D eigenvalue weighted by Gasteiger charge is -2.18. The number of likely N-dealkylation sites (N-methyl/N-ethyl adjacent to an activating group) is 1. The number of amides is 1. The van der Waals surface area contributed by atoms with Crippen LogP contribution >= 0.6 is 0 Å². The molecule has 5 nitrogen and oxygen atoms in total. The molecule has 0 bridgehead atoms. The van der Waals surface area contributed by atoms with Crippen molar-refractivity contribution in [3.05, 3.63) is 35.9 Å². The van der Waals surface area contributed by atoms with E-state index < -0.39 is 6.09 Å². The minimum Gasteiger partial charge on any atom is -0.445 e. The van der Waals surface area contributed by atoms with Crippen molar-refractivity contribution in [3.63, 3.8) is 0 Å². The van der Waals surface area contributed by atoms with Gasteiger partial charge in [-0.2, -0.15) is 0 Å². The number of rotatable bonds is 4. The minimum absolute atomic E-state index is 0.0155. The zero-order valence-electron chi connectivity index (χ0n) is 11.3. The standard InChI is InChI=1S/C14H20N2O3/c1-16-8-12(13(9-16)18-2)15-14(17)19-10-11-6-4-3-5-7-11/h3-7,12-13H,8-10H2,1-2H3,(H,15,17)/t12-,13+/m0/s1. The molecule has 1 N–H and O–H groups in total. The number of alkyl carbamates (subject to hydrolysis) is 1. The van der Waals surface area contributed by atoms with Crippen molar-refractivity contribution in [3.8, 4) is 0 Å². The lowest BCUT2D eigenvalue weighted by atomic mass is 10.2. The summed E-state index contributed by atoms with van der Waals surface area (Å²) in [6.07, 6.45) is -0.375. The number of hydrogen-bond donors (Lipinski definition) is 1. The average molecular weight is 264 g/mol. The number of likely N-dealkylation sites (tertiary alicyclic amines) is 1. The SMILES string of the molecule is CO[C@@H]1CN(C)C[C@@H]1NC(=O)OCc1ccccc1. The molecule has 0 aromatic heterocycles. The summed E-state index contributed by atoms with van der Waals surface area (Å²) in [6.45, 7) is 1.88. The predicted octanol–water partition coefficient (Wildman–Crippen LogP) is 1.24. The Hall–Kier alpha value is -1.59. The van der Waals surface area contributed by atoms with E-state index >= 15 is 0 Å². The van der Waals surface area contributed by atoms with Crippen LogP contribution in [0.4, 0.5) is 4.79 Å². The number of nitrogens with zero attached hydrogens (tertiary/aromatic N) is 1. The summed E-state index contributed by atoms with van der Waals surface area (Å²) in [5, 5.41) is 2.85. The summed E-state index contributed by atoms with van der Waals surface area (Å²) in [6, 6.07) is 9.61. The number of ether oxygens (including phenoxy) is 2. The summed E-state index contributed by atoms with van der Waals surface area (Å²) in [4.78, 5) is 13.9. The third-order valence-electron chi connectivity index (χ3n) is 3.27. The number of nitrogens with one attached hydrogen (secondary N) is 1. The highest BCUT2D eigenvalue weighted by Gasteiger charge is 2.32. The number of hydrogen-bond acceptors (Lipinski definition) is 4. The average Bonchev–Trinajstić information content (AvgIpc) is 2.77. The molecule has 104 valence electrons. The first-order chi connectivity index (χ1) is 9.19. The van der Waals surface area contributed by atoms with Crippen LogP contribution in [-0.4, -0.2) is 50.4 Å². The Morgan fingerprint density at radius 2 is 2.11 bits per heavy atom. The van der Waals surface area contributed by atoms with Gasteiger partial charge in [0, 0.05) is 20.2 Å². The first-order valence-electron chi connectivity index (χ1n) is 6.37. The van der Waals surface area contributed by atoms with Gasteiger partial charge in [-0.1, -0.05) is 30.3 Å². The molecule has 1 heterocycles. The molecule has 0 spiro atoms. The summed E-state index contributed by atoms with van der Waals surface area (Å²) in [5.41, 5.74) is 0.976. The summed E-state index contributed by atoms with van der Waals surface area (Å²) >= 11 is 0. The molecule has 1 saturated heterocycles. The smallest absolute Gasteiger partial charge is 0.407 e. The van der Waals surface area contributed by atoms with Crippen LogP contribution in [-0.2, 0) is 16.1 Å². The summed E-state index contributed by atoms with van der Waals surface area (Å²) in [5.74, 6) is 0. The van der Waals surface area contributed by atoms with Gasteiger partial charge in [0.2, 0.25) is 0 Å². The van der Waals surface area contributed by atoms with E-state index in [-0.39, 0.29) is 18.8 Å². The largest absolute Gasteiger partial charge is 0.445 e. The molecule has 5 heteroatoms. The van der Waals surface area contributed by atoms with E-state index in [0.29, 0.717) is 0 Å². The van der Waals surface area contributed by atoms with E-state index in [1.165, 1.54) is 0 Å². The van der Waals surface area contributed by atoms with Gasteiger partial charge in [0.15, 0.2) is 0 Å². The molecule has 0 radical (unpaired) electrons. The molecular formula is C14H20N2O3. The maximum absolute atomic E-state index is 11.7. The van der Waals surface area contributed by atoms with Crippen molar-refractivity contribution < 1.29 is 14.3 Å². The van der Waals surface area contributed by atoms with Crippen LogP contribution in [0.3, 0.4) is 0 Å². The maximum atomic E-state index is 11.7. The van der Waals surface area contributed by atoms with Crippen LogP contribution in [0.1, 0.15) is 5.56 Å². The van der Waals surface area contributed by atoms with E-state index in [1.54, 1.807) is 7.11 Å². The zero-order chi connectivity index (χ0) is 13.7. The Balaban J connectivity index is 1.78. The Bertz CT molecular complexity index is 410. The Morgan fingerprint density at radius 1 is 1.37 bits per heavy atom. The monoisotopic (exact) mass is 264 g/mol. The number of methoxy groups -OCH3 is 1.